The molecule has 0 aromatic heterocycles. The first-order chi connectivity index (χ1) is 16.7. The van der Waals surface area contributed by atoms with Crippen molar-refractivity contribution >= 4 is 21.7 Å². The van der Waals surface area contributed by atoms with Gasteiger partial charge in [-0.1, -0.05) is 32.0 Å². The van der Waals surface area contributed by atoms with Gasteiger partial charge < -0.3 is 9.84 Å². The van der Waals surface area contributed by atoms with E-state index in [0.717, 1.165) is 17.7 Å². The summed E-state index contributed by atoms with van der Waals surface area (Å²) in [5.74, 6) is -0.864. The van der Waals surface area contributed by atoms with Crippen molar-refractivity contribution in [2.45, 2.75) is 37.3 Å². The third-order valence-electron chi connectivity index (χ3n) is 6.16. The van der Waals surface area contributed by atoms with Gasteiger partial charge in [0.25, 0.3) is 10.0 Å². The van der Waals surface area contributed by atoms with Gasteiger partial charge in [0.05, 0.1) is 16.1 Å². The fourth-order valence-corrected chi connectivity index (χ4v) is 6.01. The fraction of sp³-hybridized carbons (Fsp3) is 0.269. The van der Waals surface area contributed by atoms with Crippen LogP contribution in [0.25, 0.3) is 11.1 Å². The minimum atomic E-state index is -4.42. The fourth-order valence-electron chi connectivity index (χ4n) is 4.28. The first-order valence-electron chi connectivity index (χ1n) is 11.0. The highest BCUT2D eigenvalue weighted by molar-refractivity contribution is 7.92. The molecule has 1 aliphatic rings. The number of halogens is 3. The number of ether oxygens (including phenoxy) is 1. The number of rotatable bonds is 6. The molecule has 1 heterocycles. The van der Waals surface area contributed by atoms with Crippen LogP contribution in [-0.2, 0) is 26.4 Å². The highest BCUT2D eigenvalue weighted by Gasteiger charge is 2.41. The van der Waals surface area contributed by atoms with E-state index in [9.17, 15) is 26.4 Å². The van der Waals surface area contributed by atoms with Crippen LogP contribution in [0.15, 0.2) is 65.6 Å². The maximum absolute atomic E-state index is 13.6. The van der Waals surface area contributed by atoms with Gasteiger partial charge in [-0.2, -0.15) is 13.2 Å². The molecule has 0 radical (unpaired) electrons. The van der Waals surface area contributed by atoms with Crippen molar-refractivity contribution in [3.63, 3.8) is 0 Å². The summed E-state index contributed by atoms with van der Waals surface area (Å²) in [5, 5.41) is 8.80. The van der Waals surface area contributed by atoms with E-state index >= 15 is 0 Å². The predicted molar refractivity (Wildman–Crippen MR) is 129 cm³/mol. The number of hydrogen-bond acceptors (Lipinski definition) is 4. The average Bonchev–Trinajstić information content (AvgIpc) is 3.08. The van der Waals surface area contributed by atoms with Crippen molar-refractivity contribution in [2.24, 2.45) is 0 Å². The minimum Gasteiger partial charge on any atom is -0.482 e. The van der Waals surface area contributed by atoms with E-state index in [2.05, 4.69) is 0 Å². The number of hydrogen-bond donors (Lipinski definition) is 1. The largest absolute Gasteiger partial charge is 0.482 e. The van der Waals surface area contributed by atoms with Crippen LogP contribution in [0.4, 0.5) is 18.9 Å². The molecule has 0 amide bonds. The topological polar surface area (TPSA) is 83.9 Å². The molecule has 190 valence electrons. The van der Waals surface area contributed by atoms with E-state index in [1.54, 1.807) is 19.1 Å². The van der Waals surface area contributed by atoms with E-state index in [1.165, 1.54) is 34.6 Å². The van der Waals surface area contributed by atoms with Crippen molar-refractivity contribution < 1.29 is 36.2 Å². The molecule has 1 aliphatic heterocycles. The maximum Gasteiger partial charge on any atom is 0.416 e. The first kappa shape index (κ1) is 25.6. The van der Waals surface area contributed by atoms with Gasteiger partial charge in [-0.05, 0) is 71.6 Å². The molecule has 0 bridgehead atoms. The summed E-state index contributed by atoms with van der Waals surface area (Å²) in [6.45, 7) is 5.09. The summed E-state index contributed by atoms with van der Waals surface area (Å²) in [6.07, 6.45) is -4.42. The van der Waals surface area contributed by atoms with Crippen molar-refractivity contribution in [3.8, 4) is 16.9 Å². The lowest BCUT2D eigenvalue weighted by Crippen LogP contribution is -2.34. The third kappa shape index (κ3) is 4.77. The molecule has 0 atom stereocenters. The summed E-state index contributed by atoms with van der Waals surface area (Å²) in [4.78, 5) is 10.8. The van der Waals surface area contributed by atoms with E-state index < -0.39 is 39.8 Å². The van der Waals surface area contributed by atoms with Gasteiger partial charge in [-0.3, -0.25) is 4.31 Å². The number of aliphatic carboxylic acids is 1. The van der Waals surface area contributed by atoms with Crippen molar-refractivity contribution in [1.82, 2.24) is 0 Å². The van der Waals surface area contributed by atoms with Crippen LogP contribution in [0.3, 0.4) is 0 Å². The summed E-state index contributed by atoms with van der Waals surface area (Å²) in [5.41, 5.74) is 1.74. The molecule has 10 heteroatoms. The highest BCUT2D eigenvalue weighted by Crippen LogP contribution is 2.45. The molecular formula is C26H24F3NO5S. The lowest BCUT2D eigenvalue weighted by atomic mass is 9.85. The summed E-state index contributed by atoms with van der Waals surface area (Å²) >= 11 is 0. The quantitative estimate of drug-likeness (QED) is 0.456. The third-order valence-corrected chi connectivity index (χ3v) is 7.92. The standard InChI is InChI=1S/C26H24F3NO5S/c1-16-12-20(9-11-23(16)35-14-24(31)32)36(33,34)30-15-25(2,3)21-13-18(6-10-22(21)30)17-4-7-19(8-5-17)26(27,28)29/h4-13H,14-15H2,1-3H3,(H,31,32). The number of aryl methyl sites for hydroxylation is 1. The zero-order valence-electron chi connectivity index (χ0n) is 19.8. The zero-order chi connectivity index (χ0) is 26.5. The smallest absolute Gasteiger partial charge is 0.416 e. The first-order valence-corrected chi connectivity index (χ1v) is 12.4. The van der Waals surface area contributed by atoms with Gasteiger partial charge in [0, 0.05) is 12.0 Å². The number of carboxylic acids is 1. The number of carboxylic acid groups (broad SMARTS) is 1. The van der Waals surface area contributed by atoms with Crippen LogP contribution >= 0.6 is 0 Å². The number of alkyl halides is 3. The monoisotopic (exact) mass is 519 g/mol. The molecule has 0 saturated heterocycles. The van der Waals surface area contributed by atoms with Crippen molar-refractivity contribution in [3.05, 3.63) is 77.4 Å². The Kier molecular flexibility index (Phi) is 6.28. The molecule has 0 unspecified atom stereocenters. The van der Waals surface area contributed by atoms with Crippen LogP contribution in [-0.4, -0.2) is 32.6 Å². The number of carbonyl (C=O) groups is 1. The Hall–Kier alpha value is -3.53. The van der Waals surface area contributed by atoms with Crippen LogP contribution in [0.2, 0.25) is 0 Å². The van der Waals surface area contributed by atoms with Crippen LogP contribution < -0.4 is 9.04 Å². The van der Waals surface area contributed by atoms with E-state index in [0.29, 0.717) is 22.4 Å². The van der Waals surface area contributed by atoms with E-state index in [-0.39, 0.29) is 17.2 Å². The highest BCUT2D eigenvalue weighted by atomic mass is 32.2. The number of nitrogens with zero attached hydrogens (tertiary/aromatic N) is 1. The van der Waals surface area contributed by atoms with Gasteiger partial charge in [-0.15, -0.1) is 0 Å². The lowest BCUT2D eigenvalue weighted by molar-refractivity contribution is -0.139. The second kappa shape index (κ2) is 8.85. The number of anilines is 1. The van der Waals surface area contributed by atoms with Gasteiger partial charge in [0.15, 0.2) is 6.61 Å². The number of benzene rings is 3. The van der Waals surface area contributed by atoms with Crippen LogP contribution in [0, 0.1) is 6.92 Å². The second-order valence-corrected chi connectivity index (χ2v) is 11.2. The molecule has 0 aliphatic carbocycles. The molecule has 6 nitrogen and oxygen atoms in total. The Morgan fingerprint density at radius 2 is 1.67 bits per heavy atom. The predicted octanol–water partition coefficient (Wildman–Crippen LogP) is 5.63. The Bertz CT molecular complexity index is 1430. The normalized spacial score (nSPS) is 15.0. The molecule has 3 aromatic carbocycles. The molecule has 3 aromatic rings. The van der Waals surface area contributed by atoms with Crippen molar-refractivity contribution in [1.29, 1.82) is 0 Å². The van der Waals surface area contributed by atoms with Gasteiger partial charge in [0.2, 0.25) is 0 Å². The van der Waals surface area contributed by atoms with E-state index in [4.69, 9.17) is 9.84 Å². The molecule has 1 N–H and O–H groups in total. The molecule has 0 fully saturated rings. The Labute approximate surface area is 207 Å². The Morgan fingerprint density at radius 3 is 2.25 bits per heavy atom. The molecule has 0 saturated carbocycles. The summed E-state index contributed by atoms with van der Waals surface area (Å²) in [6, 6.07) is 14.3. The minimum absolute atomic E-state index is 0.0399. The summed E-state index contributed by atoms with van der Waals surface area (Å²) < 4.78 is 72.5. The lowest BCUT2D eigenvalue weighted by Gasteiger charge is -2.22. The molecule has 4 rings (SSSR count). The maximum atomic E-state index is 13.6. The molecule has 0 spiro atoms. The van der Waals surface area contributed by atoms with E-state index in [1.807, 2.05) is 19.9 Å². The van der Waals surface area contributed by atoms with Crippen LogP contribution in [0.5, 0.6) is 5.75 Å². The van der Waals surface area contributed by atoms with Crippen LogP contribution in [0.1, 0.15) is 30.5 Å². The van der Waals surface area contributed by atoms with Gasteiger partial charge in [0.1, 0.15) is 5.75 Å². The van der Waals surface area contributed by atoms with Gasteiger partial charge in [-0.25, -0.2) is 13.2 Å². The SMILES string of the molecule is Cc1cc(S(=O)(=O)N2CC(C)(C)c3cc(-c4ccc(C(F)(F)F)cc4)ccc32)ccc1OCC(=O)O. The average molecular weight is 520 g/mol. The second-order valence-electron chi connectivity index (χ2n) is 9.31. The van der Waals surface area contributed by atoms with Gasteiger partial charge >= 0.3 is 12.1 Å². The Morgan fingerprint density at radius 1 is 1.03 bits per heavy atom. The molecular weight excluding hydrogens is 495 g/mol. The van der Waals surface area contributed by atoms with Crippen molar-refractivity contribution in [2.75, 3.05) is 17.5 Å². The zero-order valence-corrected chi connectivity index (χ0v) is 20.6. The molecule has 36 heavy (non-hydrogen) atoms. The Balaban J connectivity index is 1.68. The number of sulfonamides is 1. The summed E-state index contributed by atoms with van der Waals surface area (Å²) in [7, 11) is -3.96. The number of fused-ring (bicyclic) bond motifs is 1.